The number of nitrogens with zero attached hydrogens (tertiary/aromatic N) is 2. The molecular weight excluding hydrogens is 200 g/mol. The number of rotatable bonds is 4. The molecule has 3 heteroatoms. The van der Waals surface area contributed by atoms with Crippen LogP contribution in [0.1, 0.15) is 39.5 Å². The van der Waals surface area contributed by atoms with Gasteiger partial charge in [-0.05, 0) is 45.7 Å². The first-order chi connectivity index (χ1) is 7.72. The molecule has 0 aromatic rings. The Hall–Kier alpha value is -0.120. The minimum atomic E-state index is -0.155. The van der Waals surface area contributed by atoms with Gasteiger partial charge in [0.15, 0.2) is 0 Å². The number of hydrogen-bond donors (Lipinski definition) is 1. The van der Waals surface area contributed by atoms with E-state index in [1.165, 1.54) is 38.9 Å². The van der Waals surface area contributed by atoms with E-state index in [4.69, 9.17) is 0 Å². The molecule has 0 radical (unpaired) electrons. The molecule has 2 saturated heterocycles. The van der Waals surface area contributed by atoms with Gasteiger partial charge in [-0.1, -0.05) is 6.92 Å². The molecule has 0 aliphatic carbocycles. The van der Waals surface area contributed by atoms with Crippen LogP contribution in [-0.2, 0) is 0 Å². The van der Waals surface area contributed by atoms with Gasteiger partial charge in [0.25, 0.3) is 0 Å². The van der Waals surface area contributed by atoms with Gasteiger partial charge in [0.2, 0.25) is 0 Å². The first-order valence-corrected chi connectivity index (χ1v) is 6.88. The monoisotopic (exact) mass is 226 g/mol. The molecule has 2 rings (SSSR count). The van der Waals surface area contributed by atoms with Gasteiger partial charge in [0, 0.05) is 25.2 Å². The van der Waals surface area contributed by atoms with Crippen molar-refractivity contribution in [3.05, 3.63) is 0 Å². The Morgan fingerprint density at radius 2 is 1.94 bits per heavy atom. The lowest BCUT2D eigenvalue weighted by atomic mass is 10.1. The number of aliphatic hydroxyl groups excluding tert-OH is 1. The van der Waals surface area contributed by atoms with Crippen molar-refractivity contribution in [1.82, 2.24) is 9.80 Å². The van der Waals surface area contributed by atoms with Gasteiger partial charge in [-0.15, -0.1) is 0 Å². The van der Waals surface area contributed by atoms with Crippen LogP contribution in [-0.4, -0.2) is 59.3 Å². The van der Waals surface area contributed by atoms with Crippen molar-refractivity contribution in [2.45, 2.75) is 57.7 Å². The highest BCUT2D eigenvalue weighted by atomic mass is 16.3. The van der Waals surface area contributed by atoms with Crippen LogP contribution in [0.5, 0.6) is 0 Å². The van der Waals surface area contributed by atoms with Crippen molar-refractivity contribution in [1.29, 1.82) is 0 Å². The van der Waals surface area contributed by atoms with E-state index in [0.717, 1.165) is 19.0 Å². The van der Waals surface area contributed by atoms with E-state index in [-0.39, 0.29) is 6.10 Å². The quantitative estimate of drug-likeness (QED) is 0.783. The highest BCUT2D eigenvalue weighted by Gasteiger charge is 2.32. The van der Waals surface area contributed by atoms with Crippen molar-refractivity contribution in [2.24, 2.45) is 0 Å². The fourth-order valence-corrected chi connectivity index (χ4v) is 3.13. The zero-order valence-electron chi connectivity index (χ0n) is 10.7. The molecule has 2 aliphatic rings. The maximum Gasteiger partial charge on any atom is 0.0690 e. The summed E-state index contributed by atoms with van der Waals surface area (Å²) >= 11 is 0. The maximum atomic E-state index is 9.88. The third-order valence-electron chi connectivity index (χ3n) is 4.40. The van der Waals surface area contributed by atoms with Gasteiger partial charge in [-0.2, -0.15) is 0 Å². The van der Waals surface area contributed by atoms with Crippen LogP contribution in [0.3, 0.4) is 0 Å². The molecule has 3 nitrogen and oxygen atoms in total. The predicted molar refractivity (Wildman–Crippen MR) is 66.5 cm³/mol. The van der Waals surface area contributed by atoms with E-state index >= 15 is 0 Å². The second-order valence-electron chi connectivity index (χ2n) is 5.40. The highest BCUT2D eigenvalue weighted by molar-refractivity contribution is 4.89. The van der Waals surface area contributed by atoms with Gasteiger partial charge in [0.05, 0.1) is 6.10 Å². The number of likely N-dealkylation sites (tertiary alicyclic amines) is 2. The fourth-order valence-electron chi connectivity index (χ4n) is 3.13. The largest absolute Gasteiger partial charge is 0.392 e. The van der Waals surface area contributed by atoms with Gasteiger partial charge in [-0.25, -0.2) is 0 Å². The Kier molecular flexibility index (Phi) is 4.22. The smallest absolute Gasteiger partial charge is 0.0690 e. The van der Waals surface area contributed by atoms with Gasteiger partial charge in [0.1, 0.15) is 0 Å². The molecule has 0 aromatic heterocycles. The highest BCUT2D eigenvalue weighted by Crippen LogP contribution is 2.23. The van der Waals surface area contributed by atoms with Crippen LogP contribution in [0.2, 0.25) is 0 Å². The van der Waals surface area contributed by atoms with Crippen LogP contribution >= 0.6 is 0 Å². The van der Waals surface area contributed by atoms with E-state index < -0.39 is 0 Å². The molecule has 0 bridgehead atoms. The zero-order valence-corrected chi connectivity index (χ0v) is 10.7. The van der Waals surface area contributed by atoms with E-state index in [0.29, 0.717) is 6.04 Å². The standard InChI is InChI=1S/C13H26N2O/c1-3-13(16)11(2)15-9-6-12(10-15)14-7-4-5-8-14/h11-13,16H,3-10H2,1-2H3. The Labute approximate surface area is 99.4 Å². The molecule has 0 spiro atoms. The SMILES string of the molecule is CCC(O)C(C)N1CCC(N2CCCC2)C1. The lowest BCUT2D eigenvalue weighted by molar-refractivity contribution is 0.0648. The predicted octanol–water partition coefficient (Wildman–Crippen LogP) is 1.32. The lowest BCUT2D eigenvalue weighted by Crippen LogP contribution is -2.42. The third kappa shape index (κ3) is 2.58. The summed E-state index contributed by atoms with van der Waals surface area (Å²) in [6.45, 7) is 9.15. The molecule has 3 unspecified atom stereocenters. The Bertz CT molecular complexity index is 216. The van der Waals surface area contributed by atoms with Crippen LogP contribution < -0.4 is 0 Å². The molecular formula is C13H26N2O. The van der Waals surface area contributed by atoms with Crippen molar-refractivity contribution < 1.29 is 5.11 Å². The van der Waals surface area contributed by atoms with E-state index in [1.54, 1.807) is 0 Å². The molecule has 16 heavy (non-hydrogen) atoms. The van der Waals surface area contributed by atoms with Gasteiger partial charge < -0.3 is 5.11 Å². The number of aliphatic hydroxyl groups is 1. The molecule has 0 saturated carbocycles. The topological polar surface area (TPSA) is 26.7 Å². The summed E-state index contributed by atoms with van der Waals surface area (Å²) < 4.78 is 0. The first-order valence-electron chi connectivity index (χ1n) is 6.88. The Morgan fingerprint density at radius 3 is 2.56 bits per heavy atom. The second-order valence-corrected chi connectivity index (χ2v) is 5.40. The minimum Gasteiger partial charge on any atom is -0.392 e. The number of hydrogen-bond acceptors (Lipinski definition) is 3. The van der Waals surface area contributed by atoms with Crippen molar-refractivity contribution >= 4 is 0 Å². The van der Waals surface area contributed by atoms with Crippen molar-refractivity contribution in [2.75, 3.05) is 26.2 Å². The molecule has 2 aliphatic heterocycles. The van der Waals surface area contributed by atoms with Crippen LogP contribution in [0.25, 0.3) is 0 Å². The second kappa shape index (κ2) is 5.48. The van der Waals surface area contributed by atoms with Crippen molar-refractivity contribution in [3.63, 3.8) is 0 Å². The molecule has 94 valence electrons. The van der Waals surface area contributed by atoms with Crippen LogP contribution in [0.15, 0.2) is 0 Å². The van der Waals surface area contributed by atoms with E-state index in [1.807, 2.05) is 0 Å². The van der Waals surface area contributed by atoms with Crippen LogP contribution in [0.4, 0.5) is 0 Å². The summed E-state index contributed by atoms with van der Waals surface area (Å²) in [7, 11) is 0. The first kappa shape index (κ1) is 12.3. The molecule has 0 aromatic carbocycles. The molecule has 3 atom stereocenters. The summed E-state index contributed by atoms with van der Waals surface area (Å²) in [5.41, 5.74) is 0. The van der Waals surface area contributed by atoms with E-state index in [9.17, 15) is 5.11 Å². The average Bonchev–Trinajstić information content (AvgIpc) is 2.96. The summed E-state index contributed by atoms with van der Waals surface area (Å²) in [5.74, 6) is 0. The average molecular weight is 226 g/mol. The maximum absolute atomic E-state index is 9.88. The van der Waals surface area contributed by atoms with Gasteiger partial charge >= 0.3 is 0 Å². The molecule has 2 fully saturated rings. The zero-order chi connectivity index (χ0) is 11.5. The van der Waals surface area contributed by atoms with Crippen LogP contribution in [0, 0.1) is 0 Å². The Balaban J connectivity index is 1.82. The molecule has 1 N–H and O–H groups in total. The summed E-state index contributed by atoms with van der Waals surface area (Å²) in [6, 6.07) is 1.09. The normalized spacial score (nSPS) is 32.1. The third-order valence-corrected chi connectivity index (χ3v) is 4.40. The summed E-state index contributed by atoms with van der Waals surface area (Å²) in [5, 5.41) is 9.88. The Morgan fingerprint density at radius 1 is 1.25 bits per heavy atom. The molecule has 2 heterocycles. The molecule has 0 amide bonds. The summed E-state index contributed by atoms with van der Waals surface area (Å²) in [6.07, 6.45) is 4.76. The fraction of sp³-hybridized carbons (Fsp3) is 1.00. The summed E-state index contributed by atoms with van der Waals surface area (Å²) in [4.78, 5) is 5.11. The lowest BCUT2D eigenvalue weighted by Gasteiger charge is -2.29. The minimum absolute atomic E-state index is 0.155. The van der Waals surface area contributed by atoms with Gasteiger partial charge in [-0.3, -0.25) is 9.80 Å². The van der Waals surface area contributed by atoms with E-state index in [2.05, 4.69) is 23.6 Å². The van der Waals surface area contributed by atoms with Crippen molar-refractivity contribution in [3.8, 4) is 0 Å².